The Kier molecular flexibility index (Phi) is 6.24. The van der Waals surface area contributed by atoms with Gasteiger partial charge >= 0.3 is 0 Å². The second-order valence-corrected chi connectivity index (χ2v) is 7.37. The van der Waals surface area contributed by atoms with Gasteiger partial charge in [0.15, 0.2) is 6.61 Å². The van der Waals surface area contributed by atoms with Crippen LogP contribution in [0.3, 0.4) is 0 Å². The highest BCUT2D eigenvalue weighted by Gasteiger charge is 2.09. The van der Waals surface area contributed by atoms with Crippen molar-refractivity contribution < 1.29 is 9.53 Å². The van der Waals surface area contributed by atoms with Gasteiger partial charge in [0.1, 0.15) is 12.1 Å². The molecule has 0 atom stereocenters. The fourth-order valence-corrected chi connectivity index (χ4v) is 2.74. The summed E-state index contributed by atoms with van der Waals surface area (Å²) in [5, 5.41) is 6.92. The molecular formula is C20H21BrN4O2. The van der Waals surface area contributed by atoms with Gasteiger partial charge in [0.25, 0.3) is 5.91 Å². The minimum absolute atomic E-state index is 0.0944. The highest BCUT2D eigenvalue weighted by atomic mass is 79.9. The number of benzene rings is 2. The van der Waals surface area contributed by atoms with E-state index in [9.17, 15) is 4.79 Å². The first-order valence-corrected chi connectivity index (χ1v) is 9.45. The van der Waals surface area contributed by atoms with Crippen LogP contribution in [0.5, 0.6) is 5.75 Å². The van der Waals surface area contributed by atoms with E-state index in [1.54, 1.807) is 11.0 Å². The predicted octanol–water partition coefficient (Wildman–Crippen LogP) is 4.23. The molecule has 6 nitrogen and oxygen atoms in total. The molecule has 0 aliphatic carbocycles. The van der Waals surface area contributed by atoms with E-state index in [0.29, 0.717) is 18.2 Å². The minimum atomic E-state index is -0.300. The number of ether oxygens (including phenoxy) is 1. The van der Waals surface area contributed by atoms with Crippen molar-refractivity contribution in [3.05, 3.63) is 70.5 Å². The molecule has 0 aliphatic rings. The zero-order valence-corrected chi connectivity index (χ0v) is 16.8. The molecule has 140 valence electrons. The number of nitrogens with zero attached hydrogens (tertiary/aromatic N) is 3. The van der Waals surface area contributed by atoms with Crippen LogP contribution in [0.1, 0.15) is 30.9 Å². The van der Waals surface area contributed by atoms with Crippen LogP contribution < -0.4 is 10.1 Å². The summed E-state index contributed by atoms with van der Waals surface area (Å²) in [4.78, 5) is 16.2. The van der Waals surface area contributed by atoms with Crippen LogP contribution in [0.4, 0.5) is 5.95 Å². The number of hydrogen-bond donors (Lipinski definition) is 1. The second-order valence-electron chi connectivity index (χ2n) is 6.46. The Morgan fingerprint density at radius 2 is 2.00 bits per heavy atom. The van der Waals surface area contributed by atoms with Gasteiger partial charge in [0.05, 0.1) is 6.54 Å². The maximum absolute atomic E-state index is 12.1. The third-order valence-electron chi connectivity index (χ3n) is 3.94. The van der Waals surface area contributed by atoms with Crippen molar-refractivity contribution in [1.82, 2.24) is 14.8 Å². The summed E-state index contributed by atoms with van der Waals surface area (Å²) in [7, 11) is 0. The molecule has 0 fully saturated rings. The zero-order chi connectivity index (χ0) is 19.2. The van der Waals surface area contributed by atoms with Crippen molar-refractivity contribution in [2.45, 2.75) is 26.3 Å². The summed E-state index contributed by atoms with van der Waals surface area (Å²) >= 11 is 3.41. The van der Waals surface area contributed by atoms with E-state index in [0.717, 1.165) is 10.0 Å². The molecular weight excluding hydrogens is 408 g/mol. The van der Waals surface area contributed by atoms with Gasteiger partial charge in [-0.2, -0.15) is 0 Å². The first-order valence-electron chi connectivity index (χ1n) is 8.66. The molecule has 0 radical (unpaired) electrons. The summed E-state index contributed by atoms with van der Waals surface area (Å²) in [5.74, 6) is 1.04. The van der Waals surface area contributed by atoms with Crippen molar-refractivity contribution >= 4 is 27.8 Å². The van der Waals surface area contributed by atoms with E-state index in [-0.39, 0.29) is 18.5 Å². The largest absolute Gasteiger partial charge is 0.484 e. The van der Waals surface area contributed by atoms with Gasteiger partial charge in [0.2, 0.25) is 5.95 Å². The van der Waals surface area contributed by atoms with Gasteiger partial charge in [-0.1, -0.05) is 54.0 Å². The van der Waals surface area contributed by atoms with Gasteiger partial charge in [-0.3, -0.25) is 10.1 Å². The number of halogens is 1. The lowest BCUT2D eigenvalue weighted by atomic mass is 10.0. The summed E-state index contributed by atoms with van der Waals surface area (Å²) in [6.45, 7) is 4.71. The van der Waals surface area contributed by atoms with E-state index in [1.165, 1.54) is 5.56 Å². The van der Waals surface area contributed by atoms with E-state index < -0.39 is 0 Å². The van der Waals surface area contributed by atoms with Gasteiger partial charge < -0.3 is 4.74 Å². The van der Waals surface area contributed by atoms with E-state index >= 15 is 0 Å². The summed E-state index contributed by atoms with van der Waals surface area (Å²) in [6, 6.07) is 15.7. The predicted molar refractivity (Wildman–Crippen MR) is 108 cm³/mol. The number of aromatic nitrogens is 3. The molecule has 27 heavy (non-hydrogen) atoms. The van der Waals surface area contributed by atoms with Gasteiger partial charge in [-0.25, -0.2) is 9.67 Å². The Bertz CT molecular complexity index is 906. The number of hydrogen-bond acceptors (Lipinski definition) is 4. The molecule has 0 saturated carbocycles. The fraction of sp³-hybridized carbons (Fsp3) is 0.250. The maximum atomic E-state index is 12.1. The lowest BCUT2D eigenvalue weighted by Gasteiger charge is -2.09. The third kappa shape index (κ3) is 5.65. The Balaban J connectivity index is 1.52. The van der Waals surface area contributed by atoms with Crippen LogP contribution in [0, 0.1) is 0 Å². The van der Waals surface area contributed by atoms with Crippen molar-refractivity contribution in [2.75, 3.05) is 11.9 Å². The van der Waals surface area contributed by atoms with Crippen molar-refractivity contribution in [3.8, 4) is 5.75 Å². The average molecular weight is 429 g/mol. The normalized spacial score (nSPS) is 10.8. The lowest BCUT2D eigenvalue weighted by Crippen LogP contribution is -2.21. The van der Waals surface area contributed by atoms with Crippen molar-refractivity contribution in [2.24, 2.45) is 0 Å². The zero-order valence-electron chi connectivity index (χ0n) is 15.2. The van der Waals surface area contributed by atoms with Crippen LogP contribution in [0.2, 0.25) is 0 Å². The topological polar surface area (TPSA) is 69.0 Å². The molecule has 0 bridgehead atoms. The highest BCUT2D eigenvalue weighted by Crippen LogP contribution is 2.20. The van der Waals surface area contributed by atoms with Crippen molar-refractivity contribution in [3.63, 3.8) is 0 Å². The minimum Gasteiger partial charge on any atom is -0.484 e. The lowest BCUT2D eigenvalue weighted by molar-refractivity contribution is -0.118. The first kappa shape index (κ1) is 19.1. The molecule has 7 heteroatoms. The Morgan fingerprint density at radius 1 is 1.22 bits per heavy atom. The molecule has 1 heterocycles. The molecule has 2 aromatic carbocycles. The number of anilines is 1. The van der Waals surface area contributed by atoms with Gasteiger partial charge in [-0.05, 0) is 41.3 Å². The van der Waals surface area contributed by atoms with E-state index in [2.05, 4.69) is 45.2 Å². The average Bonchev–Trinajstić information content (AvgIpc) is 3.09. The summed E-state index contributed by atoms with van der Waals surface area (Å²) in [5.41, 5.74) is 2.26. The standard InChI is InChI=1S/C20H21BrN4O2/c1-14(2)16-4-3-5-18(10-16)27-12-19(26)23-20-22-13-25(24-20)11-15-6-8-17(21)9-7-15/h3-10,13-14H,11-12H2,1-2H3,(H,23,24,26). The van der Waals surface area contributed by atoms with Crippen LogP contribution in [0.25, 0.3) is 0 Å². The number of amides is 1. The second kappa shape index (κ2) is 8.81. The molecule has 1 amide bonds. The summed E-state index contributed by atoms with van der Waals surface area (Å²) in [6.07, 6.45) is 1.59. The van der Waals surface area contributed by atoms with E-state index in [4.69, 9.17) is 4.74 Å². The molecule has 0 spiro atoms. The Hall–Kier alpha value is -2.67. The van der Waals surface area contributed by atoms with Crippen LogP contribution in [-0.2, 0) is 11.3 Å². The molecule has 0 saturated heterocycles. The molecule has 1 N–H and O–H groups in total. The van der Waals surface area contributed by atoms with Gasteiger partial charge in [0, 0.05) is 4.47 Å². The monoisotopic (exact) mass is 428 g/mol. The first-order chi connectivity index (χ1) is 13.0. The number of rotatable bonds is 7. The molecule has 0 aliphatic heterocycles. The SMILES string of the molecule is CC(C)c1cccc(OCC(=O)Nc2ncn(Cc3ccc(Br)cc3)n2)c1. The van der Waals surface area contributed by atoms with Crippen molar-refractivity contribution in [1.29, 1.82) is 0 Å². The van der Waals surface area contributed by atoms with Crippen LogP contribution >= 0.6 is 15.9 Å². The Labute approximate surface area is 166 Å². The van der Waals surface area contributed by atoms with Gasteiger partial charge in [-0.15, -0.1) is 5.10 Å². The molecule has 1 aromatic heterocycles. The number of carbonyl (C=O) groups is 1. The highest BCUT2D eigenvalue weighted by molar-refractivity contribution is 9.10. The van der Waals surface area contributed by atoms with E-state index in [1.807, 2.05) is 48.5 Å². The summed E-state index contributed by atoms with van der Waals surface area (Å²) < 4.78 is 8.26. The third-order valence-corrected chi connectivity index (χ3v) is 4.47. The molecule has 3 aromatic rings. The quantitative estimate of drug-likeness (QED) is 0.611. The van der Waals surface area contributed by atoms with Crippen LogP contribution in [0.15, 0.2) is 59.3 Å². The molecule has 3 rings (SSSR count). The Morgan fingerprint density at radius 3 is 2.74 bits per heavy atom. The smallest absolute Gasteiger partial charge is 0.264 e. The number of nitrogens with one attached hydrogen (secondary N) is 1. The molecule has 0 unspecified atom stereocenters. The van der Waals surface area contributed by atoms with Crippen LogP contribution in [-0.4, -0.2) is 27.3 Å². The maximum Gasteiger partial charge on any atom is 0.264 e. The fourth-order valence-electron chi connectivity index (χ4n) is 2.48. The number of carbonyl (C=O) groups excluding carboxylic acids is 1.